The molecule has 3 rings (SSSR count). The van der Waals surface area contributed by atoms with Gasteiger partial charge in [-0.3, -0.25) is 14.9 Å². The maximum absolute atomic E-state index is 12.9. The van der Waals surface area contributed by atoms with E-state index in [1.807, 2.05) is 6.92 Å². The van der Waals surface area contributed by atoms with Crippen LogP contribution in [0.3, 0.4) is 0 Å². The summed E-state index contributed by atoms with van der Waals surface area (Å²) in [4.78, 5) is 38.3. The van der Waals surface area contributed by atoms with E-state index in [1.54, 1.807) is 24.3 Å². The van der Waals surface area contributed by atoms with Gasteiger partial charge in [0.2, 0.25) is 0 Å². The van der Waals surface area contributed by atoms with Crippen molar-refractivity contribution in [3.8, 4) is 18.1 Å². The lowest BCUT2D eigenvalue weighted by atomic mass is 10.1. The highest BCUT2D eigenvalue weighted by Crippen LogP contribution is 2.35. The molecule has 0 bridgehead atoms. The van der Waals surface area contributed by atoms with Crippen molar-refractivity contribution in [2.45, 2.75) is 6.92 Å². The summed E-state index contributed by atoms with van der Waals surface area (Å²) in [5.41, 5.74) is 1.44. The van der Waals surface area contributed by atoms with Crippen LogP contribution in [0, 0.1) is 19.3 Å². The van der Waals surface area contributed by atoms with E-state index in [0.717, 1.165) is 10.5 Å². The summed E-state index contributed by atoms with van der Waals surface area (Å²) in [5.74, 6) is 0.925. The summed E-state index contributed by atoms with van der Waals surface area (Å²) < 4.78 is 5.28. The van der Waals surface area contributed by atoms with Gasteiger partial charge in [0.25, 0.3) is 11.8 Å². The zero-order valence-electron chi connectivity index (χ0n) is 15.2. The summed E-state index contributed by atoms with van der Waals surface area (Å²) in [6.45, 7) is 1.86. The lowest BCUT2D eigenvalue weighted by Crippen LogP contribution is -2.54. The lowest BCUT2D eigenvalue weighted by Gasteiger charge is -2.26. The number of hydrogen-bond donors (Lipinski definition) is 1. The van der Waals surface area contributed by atoms with Crippen molar-refractivity contribution in [2.24, 2.45) is 0 Å². The first-order chi connectivity index (χ1) is 13.8. The summed E-state index contributed by atoms with van der Waals surface area (Å²) in [6.07, 6.45) is 6.46. The molecule has 0 spiro atoms. The topological polar surface area (TPSA) is 75.7 Å². The number of terminal acetylenes is 1. The molecule has 1 saturated heterocycles. The molecule has 0 saturated carbocycles. The monoisotopic (exact) mass is 428 g/mol. The highest BCUT2D eigenvalue weighted by molar-refractivity contribution is 6.40. The average Bonchev–Trinajstić information content (AvgIpc) is 2.66. The second-order valence-electron chi connectivity index (χ2n) is 6.10. The van der Waals surface area contributed by atoms with Gasteiger partial charge < -0.3 is 4.74 Å². The Morgan fingerprint density at radius 3 is 2.34 bits per heavy atom. The molecule has 1 aliphatic heterocycles. The molecule has 1 N–H and O–H groups in total. The van der Waals surface area contributed by atoms with Crippen molar-refractivity contribution >= 4 is 52.8 Å². The highest BCUT2D eigenvalue weighted by Gasteiger charge is 2.36. The van der Waals surface area contributed by atoms with Crippen molar-refractivity contribution in [1.82, 2.24) is 5.32 Å². The standard InChI is InChI=1S/C21H14Cl2N2O4/c1-3-8-29-18-16(22)10-13(11-17(18)23)9-15-19(26)24-21(28)25(20(15)27)14-6-4-12(2)5-7-14/h1,4-7,9-11H,8H2,2H3,(H,24,26,28)/b15-9+. The van der Waals surface area contributed by atoms with E-state index < -0.39 is 17.8 Å². The number of benzene rings is 2. The van der Waals surface area contributed by atoms with Gasteiger partial charge in [0, 0.05) is 0 Å². The average molecular weight is 429 g/mol. The van der Waals surface area contributed by atoms with Crippen molar-refractivity contribution in [3.63, 3.8) is 0 Å². The number of rotatable bonds is 4. The number of carbonyl (C=O) groups excluding carboxylic acids is 3. The fourth-order valence-electron chi connectivity index (χ4n) is 2.67. The first-order valence-corrected chi connectivity index (χ1v) is 9.11. The molecule has 4 amide bonds. The Morgan fingerprint density at radius 1 is 1.14 bits per heavy atom. The summed E-state index contributed by atoms with van der Waals surface area (Å²) in [6, 6.07) is 8.86. The molecule has 0 atom stereocenters. The predicted octanol–water partition coefficient (Wildman–Crippen LogP) is 3.98. The second-order valence-corrected chi connectivity index (χ2v) is 6.91. The molecule has 146 valence electrons. The minimum absolute atomic E-state index is 0.0195. The van der Waals surface area contributed by atoms with Gasteiger partial charge in [-0.15, -0.1) is 6.42 Å². The lowest BCUT2D eigenvalue weighted by molar-refractivity contribution is -0.122. The fourth-order valence-corrected chi connectivity index (χ4v) is 3.28. The number of imide groups is 2. The highest BCUT2D eigenvalue weighted by atomic mass is 35.5. The van der Waals surface area contributed by atoms with Gasteiger partial charge in [-0.05, 0) is 42.8 Å². The third kappa shape index (κ3) is 4.27. The molecular weight excluding hydrogens is 415 g/mol. The molecule has 0 aromatic heterocycles. The van der Waals surface area contributed by atoms with Gasteiger partial charge in [-0.2, -0.15) is 0 Å². The number of urea groups is 1. The molecule has 29 heavy (non-hydrogen) atoms. The number of nitrogens with zero attached hydrogens (tertiary/aromatic N) is 1. The fraction of sp³-hybridized carbons (Fsp3) is 0.0952. The van der Waals surface area contributed by atoms with E-state index in [4.69, 9.17) is 34.4 Å². The molecule has 2 aromatic rings. The van der Waals surface area contributed by atoms with Gasteiger partial charge in [-0.1, -0.05) is 46.8 Å². The van der Waals surface area contributed by atoms with Gasteiger partial charge in [0.15, 0.2) is 5.75 Å². The number of halogens is 2. The number of aryl methyl sites for hydroxylation is 1. The third-order valence-corrected chi connectivity index (χ3v) is 4.59. The van der Waals surface area contributed by atoms with Crippen molar-refractivity contribution in [3.05, 3.63) is 63.1 Å². The summed E-state index contributed by atoms with van der Waals surface area (Å²) in [5, 5.41) is 2.48. The van der Waals surface area contributed by atoms with Crippen LogP contribution in [-0.2, 0) is 9.59 Å². The van der Waals surface area contributed by atoms with Gasteiger partial charge in [-0.25, -0.2) is 9.69 Å². The van der Waals surface area contributed by atoms with Gasteiger partial charge in [0.1, 0.15) is 12.2 Å². The van der Waals surface area contributed by atoms with E-state index >= 15 is 0 Å². The summed E-state index contributed by atoms with van der Waals surface area (Å²) in [7, 11) is 0. The normalized spacial score (nSPS) is 15.3. The molecule has 0 radical (unpaired) electrons. The van der Waals surface area contributed by atoms with Crippen LogP contribution in [0.25, 0.3) is 6.08 Å². The minimum atomic E-state index is -0.824. The first-order valence-electron chi connectivity index (χ1n) is 8.35. The number of hydrogen-bond acceptors (Lipinski definition) is 4. The molecular formula is C21H14Cl2N2O4. The largest absolute Gasteiger partial charge is 0.478 e. The smallest absolute Gasteiger partial charge is 0.335 e. The van der Waals surface area contributed by atoms with E-state index in [0.29, 0.717) is 11.3 Å². The molecule has 6 nitrogen and oxygen atoms in total. The van der Waals surface area contributed by atoms with Crippen LogP contribution in [0.5, 0.6) is 5.75 Å². The van der Waals surface area contributed by atoms with Crippen LogP contribution >= 0.6 is 23.2 Å². The number of ether oxygens (including phenoxy) is 1. The van der Waals surface area contributed by atoms with E-state index in [2.05, 4.69) is 11.2 Å². The van der Waals surface area contributed by atoms with Crippen molar-refractivity contribution in [2.75, 3.05) is 11.5 Å². The number of amides is 4. The Morgan fingerprint density at radius 2 is 1.76 bits per heavy atom. The maximum Gasteiger partial charge on any atom is 0.335 e. The molecule has 1 fully saturated rings. The van der Waals surface area contributed by atoms with Gasteiger partial charge >= 0.3 is 6.03 Å². The molecule has 2 aromatic carbocycles. The van der Waals surface area contributed by atoms with E-state index in [1.165, 1.54) is 18.2 Å². The Bertz CT molecular complexity index is 1060. The van der Waals surface area contributed by atoms with Crippen LogP contribution in [0.15, 0.2) is 42.0 Å². The van der Waals surface area contributed by atoms with Gasteiger partial charge in [0.05, 0.1) is 15.7 Å². The predicted molar refractivity (Wildman–Crippen MR) is 111 cm³/mol. The molecule has 8 heteroatoms. The molecule has 0 unspecified atom stereocenters. The third-order valence-electron chi connectivity index (χ3n) is 4.03. The van der Waals surface area contributed by atoms with Crippen LogP contribution in [-0.4, -0.2) is 24.5 Å². The maximum atomic E-state index is 12.9. The minimum Gasteiger partial charge on any atom is -0.478 e. The van der Waals surface area contributed by atoms with Crippen LogP contribution in [0.2, 0.25) is 10.0 Å². The number of carbonyl (C=O) groups is 3. The number of anilines is 1. The van der Waals surface area contributed by atoms with Crippen LogP contribution in [0.1, 0.15) is 11.1 Å². The molecule has 1 aliphatic rings. The Labute approximate surface area is 177 Å². The van der Waals surface area contributed by atoms with Crippen LogP contribution in [0.4, 0.5) is 10.5 Å². The zero-order chi connectivity index (χ0) is 21.1. The Hall–Kier alpha value is -3.27. The molecule has 1 heterocycles. The second kappa shape index (κ2) is 8.39. The van der Waals surface area contributed by atoms with E-state index in [-0.39, 0.29) is 28.0 Å². The van der Waals surface area contributed by atoms with E-state index in [9.17, 15) is 14.4 Å². The number of barbiturate groups is 1. The first kappa shape index (κ1) is 20.5. The Kier molecular flexibility index (Phi) is 5.92. The zero-order valence-corrected chi connectivity index (χ0v) is 16.7. The van der Waals surface area contributed by atoms with Crippen molar-refractivity contribution in [1.29, 1.82) is 0 Å². The molecule has 0 aliphatic carbocycles. The Balaban J connectivity index is 1.98. The van der Waals surface area contributed by atoms with Crippen LogP contribution < -0.4 is 15.0 Å². The summed E-state index contributed by atoms with van der Waals surface area (Å²) >= 11 is 12.3. The quantitative estimate of drug-likeness (QED) is 0.453. The SMILES string of the molecule is C#CCOc1c(Cl)cc(/C=C2\C(=O)NC(=O)N(c3ccc(C)cc3)C2=O)cc1Cl. The number of nitrogens with one attached hydrogen (secondary N) is 1. The van der Waals surface area contributed by atoms with Crippen molar-refractivity contribution < 1.29 is 19.1 Å².